The number of nitrogens with zero attached hydrogens (tertiary/aromatic N) is 2. The Morgan fingerprint density at radius 2 is 0.588 bits per heavy atom. The molecule has 6 unspecified atom stereocenters. The fraction of sp³-hybridized carbons (Fsp3) is 0.966. The average molecular weight is 966 g/mol. The molecule has 2 amide bonds. The quantitative estimate of drug-likeness (QED) is 0.0331. The summed E-state index contributed by atoms with van der Waals surface area (Å²) < 4.78 is 0. The zero-order valence-electron chi connectivity index (χ0n) is 45.5. The van der Waals surface area contributed by atoms with Crippen molar-refractivity contribution in [3.05, 3.63) is 0 Å². The standard InChI is InChI=1S/C58H116N4O6/c1-5-9-13-17-21-25-29-33-39-51(63)47-61(48-52(64)40-34-30-26-22-18-14-10-6-2)45-38-37-43-55-57(67)60-56(58(68)59-55)44-46-62(49-53(65)41-35-31-27-23-19-15-11-7-3)50-54(66)42-36-32-28-24-20-16-12-8-4/h51-56,63-66H,5-50H2,1-4H3,(H,59,68)(H,60,67). The largest absolute Gasteiger partial charge is 0.392 e. The Bertz CT molecular complexity index is 1060. The van der Waals surface area contributed by atoms with Gasteiger partial charge in [0.05, 0.1) is 24.4 Å². The summed E-state index contributed by atoms with van der Waals surface area (Å²) >= 11 is 0. The minimum atomic E-state index is -0.642. The van der Waals surface area contributed by atoms with Crippen LogP contribution in [0.15, 0.2) is 0 Å². The molecule has 0 radical (unpaired) electrons. The van der Waals surface area contributed by atoms with Crippen molar-refractivity contribution < 1.29 is 30.0 Å². The number of aliphatic hydroxyl groups excluding tert-OH is 4. The summed E-state index contributed by atoms with van der Waals surface area (Å²) in [6.45, 7) is 12.3. The molecule has 6 atom stereocenters. The molecule has 1 saturated heterocycles. The first-order chi connectivity index (χ1) is 33.1. The molecule has 1 aliphatic rings. The Morgan fingerprint density at radius 3 is 0.882 bits per heavy atom. The van der Waals surface area contributed by atoms with E-state index in [9.17, 15) is 30.0 Å². The van der Waals surface area contributed by atoms with Gasteiger partial charge in [-0.3, -0.25) is 19.4 Å². The first-order valence-electron chi connectivity index (χ1n) is 29.9. The van der Waals surface area contributed by atoms with E-state index in [1.165, 1.54) is 154 Å². The summed E-state index contributed by atoms with van der Waals surface area (Å²) in [6.07, 6.45) is 43.1. The minimum Gasteiger partial charge on any atom is -0.392 e. The number of rotatable bonds is 52. The maximum absolute atomic E-state index is 13.4. The molecule has 0 aromatic rings. The van der Waals surface area contributed by atoms with Gasteiger partial charge in [0.15, 0.2) is 0 Å². The van der Waals surface area contributed by atoms with Crippen molar-refractivity contribution in [1.29, 1.82) is 0 Å². The zero-order valence-corrected chi connectivity index (χ0v) is 45.5. The van der Waals surface area contributed by atoms with Gasteiger partial charge in [0.25, 0.3) is 0 Å². The lowest BCUT2D eigenvalue weighted by molar-refractivity contribution is -0.137. The number of piperazine rings is 1. The van der Waals surface area contributed by atoms with Crippen LogP contribution in [0.1, 0.15) is 285 Å². The monoisotopic (exact) mass is 965 g/mol. The summed E-state index contributed by atoms with van der Waals surface area (Å²) in [4.78, 5) is 31.2. The van der Waals surface area contributed by atoms with Crippen molar-refractivity contribution in [2.45, 2.75) is 321 Å². The van der Waals surface area contributed by atoms with Gasteiger partial charge < -0.3 is 31.1 Å². The van der Waals surface area contributed by atoms with Gasteiger partial charge in [-0.05, 0) is 57.9 Å². The molecule has 1 fully saturated rings. The second kappa shape index (κ2) is 46.8. The number of carbonyl (C=O) groups excluding carboxylic acids is 2. The predicted molar refractivity (Wildman–Crippen MR) is 288 cm³/mol. The summed E-state index contributed by atoms with van der Waals surface area (Å²) in [6, 6.07) is -1.22. The fourth-order valence-electron chi connectivity index (χ4n) is 10.2. The molecular weight excluding hydrogens is 849 g/mol. The third-order valence-electron chi connectivity index (χ3n) is 14.7. The number of amides is 2. The van der Waals surface area contributed by atoms with Crippen LogP contribution in [0.3, 0.4) is 0 Å². The lowest BCUT2D eigenvalue weighted by atomic mass is 10.0. The second-order valence-electron chi connectivity index (χ2n) is 21.6. The highest BCUT2D eigenvalue weighted by atomic mass is 16.3. The molecule has 1 heterocycles. The Hall–Kier alpha value is -1.30. The van der Waals surface area contributed by atoms with Gasteiger partial charge in [-0.15, -0.1) is 0 Å². The molecule has 10 heteroatoms. The highest BCUT2D eigenvalue weighted by molar-refractivity contribution is 5.96. The average Bonchev–Trinajstić information content (AvgIpc) is 3.31. The van der Waals surface area contributed by atoms with Crippen LogP contribution < -0.4 is 10.6 Å². The summed E-state index contributed by atoms with van der Waals surface area (Å²) in [5.41, 5.74) is 0. The number of aliphatic hydroxyl groups is 4. The van der Waals surface area contributed by atoms with Crippen molar-refractivity contribution in [2.24, 2.45) is 0 Å². The molecular formula is C58H116N4O6. The van der Waals surface area contributed by atoms with E-state index in [0.717, 1.165) is 96.4 Å². The molecule has 0 aliphatic carbocycles. The summed E-state index contributed by atoms with van der Waals surface area (Å²) in [7, 11) is 0. The lowest BCUT2D eigenvalue weighted by Crippen LogP contribution is -2.62. The molecule has 0 saturated carbocycles. The molecule has 1 aliphatic heterocycles. The van der Waals surface area contributed by atoms with Gasteiger partial charge in [0.2, 0.25) is 11.8 Å². The Labute approximate surface area is 421 Å². The van der Waals surface area contributed by atoms with Crippen LogP contribution in [0.2, 0.25) is 0 Å². The first kappa shape index (κ1) is 64.7. The third kappa shape index (κ3) is 38.4. The van der Waals surface area contributed by atoms with E-state index in [-0.39, 0.29) is 11.8 Å². The van der Waals surface area contributed by atoms with Gasteiger partial charge in [-0.25, -0.2) is 0 Å². The van der Waals surface area contributed by atoms with E-state index in [1.54, 1.807) is 0 Å². The molecule has 404 valence electrons. The van der Waals surface area contributed by atoms with Crippen LogP contribution in [0.4, 0.5) is 0 Å². The molecule has 6 N–H and O–H groups in total. The third-order valence-corrected chi connectivity index (χ3v) is 14.7. The molecule has 0 aromatic heterocycles. The Balaban J connectivity index is 2.67. The van der Waals surface area contributed by atoms with Crippen molar-refractivity contribution in [3.63, 3.8) is 0 Å². The maximum atomic E-state index is 13.4. The van der Waals surface area contributed by atoms with E-state index < -0.39 is 36.5 Å². The molecule has 1 rings (SSSR count). The smallest absolute Gasteiger partial charge is 0.243 e. The molecule has 68 heavy (non-hydrogen) atoms. The van der Waals surface area contributed by atoms with Gasteiger partial charge in [0, 0.05) is 32.7 Å². The number of hydrogen-bond donors (Lipinski definition) is 6. The number of unbranched alkanes of at least 4 members (excludes halogenated alkanes) is 29. The van der Waals surface area contributed by atoms with Crippen LogP contribution in [-0.2, 0) is 9.59 Å². The van der Waals surface area contributed by atoms with Crippen LogP contribution in [0.25, 0.3) is 0 Å². The van der Waals surface area contributed by atoms with Gasteiger partial charge in [-0.1, -0.05) is 233 Å². The van der Waals surface area contributed by atoms with Crippen molar-refractivity contribution in [1.82, 2.24) is 20.4 Å². The Morgan fingerprint density at radius 1 is 0.338 bits per heavy atom. The van der Waals surface area contributed by atoms with Gasteiger partial charge >= 0.3 is 0 Å². The number of hydrogen-bond acceptors (Lipinski definition) is 8. The van der Waals surface area contributed by atoms with Gasteiger partial charge in [0.1, 0.15) is 12.1 Å². The minimum absolute atomic E-state index is 0.149. The van der Waals surface area contributed by atoms with E-state index >= 15 is 0 Å². The van der Waals surface area contributed by atoms with Gasteiger partial charge in [-0.2, -0.15) is 0 Å². The first-order valence-corrected chi connectivity index (χ1v) is 29.9. The van der Waals surface area contributed by atoms with Crippen LogP contribution in [-0.4, -0.2) is 118 Å². The zero-order chi connectivity index (χ0) is 49.7. The van der Waals surface area contributed by atoms with E-state index in [2.05, 4.69) is 48.1 Å². The van der Waals surface area contributed by atoms with Crippen molar-refractivity contribution >= 4 is 11.8 Å². The number of nitrogens with one attached hydrogen (secondary N) is 2. The lowest BCUT2D eigenvalue weighted by Gasteiger charge is -2.32. The molecule has 0 spiro atoms. The Kier molecular flexibility index (Phi) is 44.5. The summed E-state index contributed by atoms with van der Waals surface area (Å²) in [5, 5.41) is 50.3. The predicted octanol–water partition coefficient (Wildman–Crippen LogP) is 12.7. The maximum Gasteiger partial charge on any atom is 0.243 e. The molecule has 10 nitrogen and oxygen atoms in total. The number of carbonyl (C=O) groups is 2. The van der Waals surface area contributed by atoms with Crippen molar-refractivity contribution in [3.8, 4) is 0 Å². The van der Waals surface area contributed by atoms with E-state index in [0.29, 0.717) is 45.6 Å². The SMILES string of the molecule is CCCCCCCCCCC(O)CN(CCCCC1NC(=O)C(CCN(CC(O)CCCCCCCCCC)CC(O)CCCCCCCCCC)NC1=O)CC(O)CCCCCCCCCC. The summed E-state index contributed by atoms with van der Waals surface area (Å²) in [5.74, 6) is -0.313. The van der Waals surface area contributed by atoms with Crippen molar-refractivity contribution in [2.75, 3.05) is 39.3 Å². The normalized spacial score (nSPS) is 17.2. The highest BCUT2D eigenvalue weighted by Crippen LogP contribution is 2.18. The van der Waals surface area contributed by atoms with E-state index in [4.69, 9.17) is 0 Å². The van der Waals surface area contributed by atoms with Crippen LogP contribution in [0, 0.1) is 0 Å². The molecule has 0 aromatic carbocycles. The molecule has 0 bridgehead atoms. The second-order valence-corrected chi connectivity index (χ2v) is 21.6. The highest BCUT2D eigenvalue weighted by Gasteiger charge is 2.33. The van der Waals surface area contributed by atoms with Crippen LogP contribution in [0.5, 0.6) is 0 Å². The van der Waals surface area contributed by atoms with E-state index in [1.807, 2.05) is 0 Å². The van der Waals surface area contributed by atoms with Crippen LogP contribution >= 0.6 is 0 Å². The topological polar surface area (TPSA) is 146 Å². The fourth-order valence-corrected chi connectivity index (χ4v) is 10.2.